The Morgan fingerprint density at radius 3 is 2.93 bits per heavy atom. The molecule has 0 aromatic carbocycles. The lowest BCUT2D eigenvalue weighted by Crippen LogP contribution is -2.35. The van der Waals surface area contributed by atoms with E-state index in [9.17, 15) is 0 Å². The van der Waals surface area contributed by atoms with Gasteiger partial charge in [0, 0.05) is 25.8 Å². The molecule has 2 atom stereocenters. The maximum atomic E-state index is 8.91. The molecule has 0 saturated carbocycles. The number of hydrogen-bond donors (Lipinski definition) is 2. The van der Waals surface area contributed by atoms with Gasteiger partial charge in [-0.15, -0.1) is 0 Å². The van der Waals surface area contributed by atoms with Crippen LogP contribution >= 0.6 is 11.3 Å². The summed E-state index contributed by atoms with van der Waals surface area (Å²) < 4.78 is 5.10. The van der Waals surface area contributed by atoms with Crippen LogP contribution in [0.2, 0.25) is 0 Å². The van der Waals surface area contributed by atoms with Crippen LogP contribution in [-0.4, -0.2) is 31.5 Å². The predicted molar refractivity (Wildman–Crippen MR) is 63.2 cm³/mol. The topological polar surface area (TPSA) is 41.5 Å². The number of nitrogens with one attached hydrogen (secondary N) is 1. The Balaban J connectivity index is 2.43. The van der Waals surface area contributed by atoms with Gasteiger partial charge >= 0.3 is 0 Å². The Morgan fingerprint density at radius 1 is 1.60 bits per heavy atom. The van der Waals surface area contributed by atoms with Crippen molar-refractivity contribution in [2.45, 2.75) is 25.4 Å². The fourth-order valence-electron chi connectivity index (χ4n) is 1.54. The van der Waals surface area contributed by atoms with Crippen LogP contribution in [0.4, 0.5) is 0 Å². The first kappa shape index (κ1) is 12.6. The standard InChI is InChI=1S/C11H19NO2S/c1-9(10-4-6-15-8-10)12-11(3-5-13)7-14-2/h4,6,8-9,11-13H,3,5,7H2,1-2H3. The van der Waals surface area contributed by atoms with Crippen molar-refractivity contribution in [2.24, 2.45) is 0 Å². The predicted octanol–water partition coefficient (Wildman–Crippen LogP) is 1.80. The quantitative estimate of drug-likeness (QED) is 0.749. The Morgan fingerprint density at radius 2 is 2.40 bits per heavy atom. The molecule has 1 heterocycles. The van der Waals surface area contributed by atoms with Crippen LogP contribution in [-0.2, 0) is 4.74 Å². The number of methoxy groups -OCH3 is 1. The van der Waals surface area contributed by atoms with E-state index in [0.717, 1.165) is 6.42 Å². The van der Waals surface area contributed by atoms with Gasteiger partial charge in [-0.3, -0.25) is 0 Å². The molecule has 0 radical (unpaired) electrons. The second-order valence-electron chi connectivity index (χ2n) is 3.61. The molecule has 3 nitrogen and oxygen atoms in total. The van der Waals surface area contributed by atoms with E-state index < -0.39 is 0 Å². The summed E-state index contributed by atoms with van der Waals surface area (Å²) in [5, 5.41) is 16.6. The van der Waals surface area contributed by atoms with Crippen LogP contribution in [0.5, 0.6) is 0 Å². The van der Waals surface area contributed by atoms with Gasteiger partial charge in [-0.05, 0) is 35.7 Å². The lowest BCUT2D eigenvalue weighted by atomic mass is 10.1. The molecule has 1 aromatic heterocycles. The van der Waals surface area contributed by atoms with Crippen molar-refractivity contribution in [1.29, 1.82) is 0 Å². The fourth-order valence-corrected chi connectivity index (χ4v) is 2.30. The molecule has 2 N–H and O–H groups in total. The number of thiophene rings is 1. The highest BCUT2D eigenvalue weighted by atomic mass is 32.1. The number of aliphatic hydroxyl groups is 1. The Bertz CT molecular complexity index is 245. The first-order chi connectivity index (χ1) is 7.27. The minimum absolute atomic E-state index is 0.192. The second-order valence-corrected chi connectivity index (χ2v) is 4.39. The van der Waals surface area contributed by atoms with Gasteiger partial charge in [-0.2, -0.15) is 11.3 Å². The highest BCUT2D eigenvalue weighted by Gasteiger charge is 2.12. The highest BCUT2D eigenvalue weighted by molar-refractivity contribution is 7.07. The van der Waals surface area contributed by atoms with Crippen LogP contribution in [0, 0.1) is 0 Å². The third-order valence-electron chi connectivity index (χ3n) is 2.37. The summed E-state index contributed by atoms with van der Waals surface area (Å²) in [5.41, 5.74) is 1.29. The van der Waals surface area contributed by atoms with Gasteiger partial charge < -0.3 is 15.2 Å². The lowest BCUT2D eigenvalue weighted by Gasteiger charge is -2.21. The van der Waals surface area contributed by atoms with E-state index in [0.29, 0.717) is 12.6 Å². The second kappa shape index (κ2) is 6.95. The Kier molecular flexibility index (Phi) is 5.86. The summed E-state index contributed by atoms with van der Waals surface area (Å²) in [6.45, 7) is 2.95. The van der Waals surface area contributed by atoms with E-state index >= 15 is 0 Å². The summed E-state index contributed by atoms with van der Waals surface area (Å²) in [6, 6.07) is 2.64. The van der Waals surface area contributed by atoms with Crippen molar-refractivity contribution in [2.75, 3.05) is 20.3 Å². The average Bonchev–Trinajstić information content (AvgIpc) is 2.71. The lowest BCUT2D eigenvalue weighted by molar-refractivity contribution is 0.143. The normalized spacial score (nSPS) is 15.1. The molecule has 86 valence electrons. The monoisotopic (exact) mass is 229 g/mol. The molecule has 0 bridgehead atoms. The van der Waals surface area contributed by atoms with Crippen molar-refractivity contribution in [3.05, 3.63) is 22.4 Å². The van der Waals surface area contributed by atoms with E-state index in [1.165, 1.54) is 5.56 Å². The molecule has 4 heteroatoms. The molecular weight excluding hydrogens is 210 g/mol. The van der Waals surface area contributed by atoms with Crippen LogP contribution in [0.1, 0.15) is 24.9 Å². The summed E-state index contributed by atoms with van der Waals surface area (Å²) in [6.07, 6.45) is 0.725. The van der Waals surface area contributed by atoms with Crippen molar-refractivity contribution >= 4 is 11.3 Å². The van der Waals surface area contributed by atoms with Crippen molar-refractivity contribution in [3.8, 4) is 0 Å². The molecule has 15 heavy (non-hydrogen) atoms. The number of aliphatic hydroxyl groups excluding tert-OH is 1. The molecule has 0 fully saturated rings. The third kappa shape index (κ3) is 4.30. The zero-order valence-corrected chi connectivity index (χ0v) is 10.1. The molecule has 0 aliphatic rings. The molecule has 1 aromatic rings. The summed E-state index contributed by atoms with van der Waals surface area (Å²) >= 11 is 1.70. The molecule has 2 unspecified atom stereocenters. The van der Waals surface area contributed by atoms with Crippen LogP contribution in [0.15, 0.2) is 16.8 Å². The number of hydrogen-bond acceptors (Lipinski definition) is 4. The highest BCUT2D eigenvalue weighted by Crippen LogP contribution is 2.16. The van der Waals surface area contributed by atoms with E-state index in [4.69, 9.17) is 9.84 Å². The molecule has 0 saturated heterocycles. The Labute approximate surface area is 95.1 Å². The minimum atomic E-state index is 0.192. The largest absolute Gasteiger partial charge is 0.396 e. The van der Waals surface area contributed by atoms with Crippen LogP contribution < -0.4 is 5.32 Å². The molecule has 0 amide bonds. The first-order valence-corrected chi connectivity index (χ1v) is 6.10. The molecule has 1 rings (SSSR count). The van der Waals surface area contributed by atoms with Crippen molar-refractivity contribution < 1.29 is 9.84 Å². The number of rotatable bonds is 7. The zero-order valence-electron chi connectivity index (χ0n) is 9.27. The Hall–Kier alpha value is -0.420. The third-order valence-corrected chi connectivity index (χ3v) is 3.08. The van der Waals surface area contributed by atoms with Crippen molar-refractivity contribution in [3.63, 3.8) is 0 Å². The first-order valence-electron chi connectivity index (χ1n) is 5.16. The maximum Gasteiger partial charge on any atom is 0.0616 e. The van der Waals surface area contributed by atoms with Crippen LogP contribution in [0.25, 0.3) is 0 Å². The molecule has 0 spiro atoms. The SMILES string of the molecule is COCC(CCO)NC(C)c1ccsc1. The van der Waals surface area contributed by atoms with Crippen molar-refractivity contribution in [1.82, 2.24) is 5.32 Å². The van der Waals surface area contributed by atoms with E-state index in [-0.39, 0.29) is 12.6 Å². The van der Waals surface area contributed by atoms with E-state index in [2.05, 4.69) is 29.1 Å². The van der Waals surface area contributed by atoms with Gasteiger partial charge in [-0.1, -0.05) is 0 Å². The van der Waals surface area contributed by atoms with Crippen LogP contribution in [0.3, 0.4) is 0 Å². The maximum absolute atomic E-state index is 8.91. The van der Waals surface area contributed by atoms with E-state index in [1.807, 2.05) is 0 Å². The van der Waals surface area contributed by atoms with Gasteiger partial charge in [0.05, 0.1) is 6.61 Å². The number of ether oxygens (including phenoxy) is 1. The van der Waals surface area contributed by atoms with Gasteiger partial charge in [0.1, 0.15) is 0 Å². The summed E-state index contributed by atoms with van der Waals surface area (Å²) in [4.78, 5) is 0. The smallest absolute Gasteiger partial charge is 0.0616 e. The zero-order chi connectivity index (χ0) is 11.1. The summed E-state index contributed by atoms with van der Waals surface area (Å²) in [5.74, 6) is 0. The molecule has 0 aliphatic heterocycles. The molecular formula is C11H19NO2S. The summed E-state index contributed by atoms with van der Waals surface area (Å²) in [7, 11) is 1.68. The minimum Gasteiger partial charge on any atom is -0.396 e. The average molecular weight is 229 g/mol. The fraction of sp³-hybridized carbons (Fsp3) is 0.636. The van der Waals surface area contributed by atoms with E-state index in [1.54, 1.807) is 18.4 Å². The van der Waals surface area contributed by atoms with Gasteiger partial charge in [0.25, 0.3) is 0 Å². The van der Waals surface area contributed by atoms with Gasteiger partial charge in [-0.25, -0.2) is 0 Å². The van der Waals surface area contributed by atoms with Gasteiger partial charge in [0.2, 0.25) is 0 Å². The molecule has 0 aliphatic carbocycles. The van der Waals surface area contributed by atoms with Gasteiger partial charge in [0.15, 0.2) is 0 Å².